The Bertz CT molecular complexity index is 735. The number of aliphatic hydroxyl groups excluding tert-OH is 1. The first-order valence-corrected chi connectivity index (χ1v) is 7.76. The van der Waals surface area contributed by atoms with Gasteiger partial charge in [-0.1, -0.05) is 0 Å². The predicted molar refractivity (Wildman–Crippen MR) is 79.0 cm³/mol. The van der Waals surface area contributed by atoms with E-state index in [0.717, 1.165) is 19.3 Å². The Balaban J connectivity index is 1.74. The Hall–Kier alpha value is -1.88. The largest absolute Gasteiger partial charge is 0.461 e. The number of carbonyl (C=O) groups excluding carboxylic acids is 1. The van der Waals surface area contributed by atoms with Gasteiger partial charge in [-0.3, -0.25) is 4.79 Å². The van der Waals surface area contributed by atoms with Crippen LogP contribution >= 0.6 is 0 Å². The summed E-state index contributed by atoms with van der Waals surface area (Å²) in [7, 11) is 0. The number of piperidine rings is 1. The highest BCUT2D eigenvalue weighted by Crippen LogP contribution is 2.45. The van der Waals surface area contributed by atoms with Crippen LogP contribution in [0.4, 0.5) is 4.39 Å². The molecule has 1 saturated heterocycles. The minimum Gasteiger partial charge on any atom is -0.461 e. The lowest BCUT2D eigenvalue weighted by Crippen LogP contribution is -2.61. The molecule has 22 heavy (non-hydrogen) atoms. The van der Waals surface area contributed by atoms with Crippen LogP contribution in [0.2, 0.25) is 0 Å². The van der Waals surface area contributed by atoms with E-state index >= 15 is 0 Å². The number of furan rings is 1. The maximum absolute atomic E-state index is 13.7. The lowest BCUT2D eigenvalue weighted by molar-refractivity contribution is -0.0483. The summed E-state index contributed by atoms with van der Waals surface area (Å²) in [4.78, 5) is 14.9. The number of nitrogens with zero attached hydrogens (tertiary/aromatic N) is 1. The zero-order valence-electron chi connectivity index (χ0n) is 12.2. The van der Waals surface area contributed by atoms with Crippen molar-refractivity contribution in [2.45, 2.75) is 43.7 Å². The molecule has 2 aliphatic rings. The molecule has 4 nitrogen and oxygen atoms in total. The molecular formula is C17H18FNO3. The quantitative estimate of drug-likeness (QED) is 0.881. The standard InChI is InChI=1S/C17H18FNO3/c18-14-3-2-13(12-5-9-22-15(12)14)16(21)19-8-4-11(20)10-17(19)6-1-7-17/h2-3,5,9,11,20H,1,4,6-8,10H2. The third kappa shape index (κ3) is 1.88. The number of amides is 1. The first kappa shape index (κ1) is 13.8. The highest BCUT2D eigenvalue weighted by molar-refractivity contribution is 6.06. The first-order chi connectivity index (χ1) is 10.6. The number of benzene rings is 1. The average Bonchev–Trinajstić information content (AvgIpc) is 2.95. The van der Waals surface area contributed by atoms with E-state index in [2.05, 4.69) is 0 Å². The molecule has 4 rings (SSSR count). The summed E-state index contributed by atoms with van der Waals surface area (Å²) in [5.74, 6) is -0.540. The van der Waals surface area contributed by atoms with Crippen molar-refractivity contribution in [2.24, 2.45) is 0 Å². The van der Waals surface area contributed by atoms with Crippen LogP contribution in [0.25, 0.3) is 11.0 Å². The summed E-state index contributed by atoms with van der Waals surface area (Å²) in [6, 6.07) is 4.45. The van der Waals surface area contributed by atoms with Crippen LogP contribution in [0, 0.1) is 5.82 Å². The maximum atomic E-state index is 13.7. The molecule has 1 amide bonds. The fourth-order valence-corrected chi connectivity index (χ4v) is 3.90. The molecular weight excluding hydrogens is 285 g/mol. The lowest BCUT2D eigenvalue weighted by atomic mass is 9.69. The molecule has 2 aromatic rings. The van der Waals surface area contributed by atoms with Gasteiger partial charge in [0.1, 0.15) is 0 Å². The highest BCUT2D eigenvalue weighted by atomic mass is 19.1. The van der Waals surface area contributed by atoms with Crippen molar-refractivity contribution in [3.63, 3.8) is 0 Å². The second kappa shape index (κ2) is 4.81. The van der Waals surface area contributed by atoms with E-state index in [9.17, 15) is 14.3 Å². The van der Waals surface area contributed by atoms with Crippen molar-refractivity contribution >= 4 is 16.9 Å². The van der Waals surface area contributed by atoms with Gasteiger partial charge in [-0.2, -0.15) is 0 Å². The van der Waals surface area contributed by atoms with E-state index < -0.39 is 5.82 Å². The van der Waals surface area contributed by atoms with Gasteiger partial charge in [0.25, 0.3) is 5.91 Å². The second-order valence-electron chi connectivity index (χ2n) is 6.44. The fraction of sp³-hybridized carbons (Fsp3) is 0.471. The van der Waals surface area contributed by atoms with Crippen LogP contribution in [0.1, 0.15) is 42.5 Å². The molecule has 116 valence electrons. The van der Waals surface area contributed by atoms with Gasteiger partial charge in [-0.15, -0.1) is 0 Å². The minimum absolute atomic E-state index is 0.0852. The smallest absolute Gasteiger partial charge is 0.255 e. The summed E-state index contributed by atoms with van der Waals surface area (Å²) < 4.78 is 18.9. The van der Waals surface area contributed by atoms with Gasteiger partial charge >= 0.3 is 0 Å². The van der Waals surface area contributed by atoms with Crippen LogP contribution in [-0.2, 0) is 0 Å². The zero-order valence-corrected chi connectivity index (χ0v) is 12.2. The highest BCUT2D eigenvalue weighted by Gasteiger charge is 2.48. The molecule has 0 bridgehead atoms. The summed E-state index contributed by atoms with van der Waals surface area (Å²) in [5.41, 5.74) is 0.400. The SMILES string of the molecule is O=C(c1ccc(F)c2occc12)N1CCC(O)CC12CCC2. The number of fused-ring (bicyclic) bond motifs is 1. The van der Waals surface area contributed by atoms with E-state index in [4.69, 9.17) is 4.42 Å². The van der Waals surface area contributed by atoms with Gasteiger partial charge in [0.05, 0.1) is 17.9 Å². The van der Waals surface area contributed by atoms with Crippen LogP contribution in [0.15, 0.2) is 28.9 Å². The van der Waals surface area contributed by atoms with Crippen LogP contribution in [-0.4, -0.2) is 34.1 Å². The van der Waals surface area contributed by atoms with Gasteiger partial charge < -0.3 is 14.4 Å². The molecule has 1 saturated carbocycles. The van der Waals surface area contributed by atoms with E-state index in [-0.39, 0.29) is 23.1 Å². The number of carbonyl (C=O) groups is 1. The monoisotopic (exact) mass is 303 g/mol. The first-order valence-electron chi connectivity index (χ1n) is 7.76. The van der Waals surface area contributed by atoms with Gasteiger partial charge in [0.2, 0.25) is 0 Å². The summed E-state index contributed by atoms with van der Waals surface area (Å²) >= 11 is 0. The number of likely N-dealkylation sites (tertiary alicyclic amines) is 1. The van der Waals surface area contributed by atoms with Crippen LogP contribution < -0.4 is 0 Å². The molecule has 1 spiro atoms. The molecule has 1 aromatic heterocycles. The van der Waals surface area contributed by atoms with Gasteiger partial charge in [0.15, 0.2) is 11.4 Å². The van der Waals surface area contributed by atoms with Gasteiger partial charge in [-0.25, -0.2) is 4.39 Å². The molecule has 1 N–H and O–H groups in total. The predicted octanol–water partition coefficient (Wildman–Crippen LogP) is 3.09. The molecule has 1 aromatic carbocycles. The van der Waals surface area contributed by atoms with Crippen molar-refractivity contribution in [1.29, 1.82) is 0 Å². The van der Waals surface area contributed by atoms with Gasteiger partial charge in [-0.05, 0) is 50.3 Å². The number of halogens is 1. The molecule has 1 atom stereocenters. The average molecular weight is 303 g/mol. The van der Waals surface area contributed by atoms with E-state index in [0.29, 0.717) is 30.3 Å². The number of hydrogen-bond acceptors (Lipinski definition) is 3. The van der Waals surface area contributed by atoms with Crippen molar-refractivity contribution in [1.82, 2.24) is 4.90 Å². The molecule has 1 aliphatic heterocycles. The molecule has 1 unspecified atom stereocenters. The number of aliphatic hydroxyl groups is 1. The van der Waals surface area contributed by atoms with Crippen LogP contribution in [0.5, 0.6) is 0 Å². The van der Waals surface area contributed by atoms with E-state index in [1.165, 1.54) is 18.4 Å². The normalized spacial score (nSPS) is 23.7. The van der Waals surface area contributed by atoms with E-state index in [1.807, 2.05) is 4.90 Å². The number of rotatable bonds is 1. The van der Waals surface area contributed by atoms with Crippen LogP contribution in [0.3, 0.4) is 0 Å². The Morgan fingerprint density at radius 3 is 2.91 bits per heavy atom. The van der Waals surface area contributed by atoms with Gasteiger partial charge in [0, 0.05) is 17.5 Å². The van der Waals surface area contributed by atoms with Crippen molar-refractivity contribution < 1.29 is 18.7 Å². The third-order valence-electron chi connectivity index (χ3n) is 5.20. The molecule has 2 heterocycles. The summed E-state index contributed by atoms with van der Waals surface area (Å²) in [6.07, 6.45) is 5.28. The summed E-state index contributed by atoms with van der Waals surface area (Å²) in [5, 5.41) is 10.5. The van der Waals surface area contributed by atoms with Crippen molar-refractivity contribution in [3.05, 3.63) is 35.8 Å². The molecule has 1 aliphatic carbocycles. The van der Waals surface area contributed by atoms with Crippen molar-refractivity contribution in [3.8, 4) is 0 Å². The zero-order chi connectivity index (χ0) is 15.3. The second-order valence-corrected chi connectivity index (χ2v) is 6.44. The Kier molecular flexibility index (Phi) is 3.01. The topological polar surface area (TPSA) is 53.7 Å². The summed E-state index contributed by atoms with van der Waals surface area (Å²) in [6.45, 7) is 0.552. The molecule has 5 heteroatoms. The number of hydrogen-bond donors (Lipinski definition) is 1. The lowest BCUT2D eigenvalue weighted by Gasteiger charge is -2.54. The Labute approximate surface area is 127 Å². The maximum Gasteiger partial charge on any atom is 0.255 e. The van der Waals surface area contributed by atoms with E-state index in [1.54, 1.807) is 6.07 Å². The Morgan fingerprint density at radius 1 is 1.36 bits per heavy atom. The minimum atomic E-state index is -0.455. The Morgan fingerprint density at radius 2 is 2.18 bits per heavy atom. The third-order valence-corrected chi connectivity index (χ3v) is 5.20. The fourth-order valence-electron chi connectivity index (χ4n) is 3.90. The molecule has 2 fully saturated rings. The van der Waals surface area contributed by atoms with Crippen molar-refractivity contribution in [2.75, 3.05) is 6.54 Å². The molecule has 0 radical (unpaired) electrons.